The van der Waals surface area contributed by atoms with Crippen molar-refractivity contribution >= 4 is 30.2 Å². The lowest BCUT2D eigenvalue weighted by Crippen LogP contribution is -2.51. The van der Waals surface area contributed by atoms with Crippen molar-refractivity contribution in [2.45, 2.75) is 18.9 Å². The number of nitrogens with one attached hydrogen (secondary N) is 1. The molecule has 0 bridgehead atoms. The number of hydrogen-bond donors (Lipinski definition) is 3. The summed E-state index contributed by atoms with van der Waals surface area (Å²) >= 11 is 0. The molecule has 0 fully saturated rings. The summed E-state index contributed by atoms with van der Waals surface area (Å²) in [5, 5.41) is 9.86. The van der Waals surface area contributed by atoms with E-state index in [1.54, 1.807) is 12.1 Å². The van der Waals surface area contributed by atoms with Crippen LogP contribution in [0.3, 0.4) is 0 Å². The fraction of sp³-hybridized carbons (Fsp3) is 0.308. The van der Waals surface area contributed by atoms with Gasteiger partial charge in [0.15, 0.2) is 0 Å². The number of amides is 2. The second-order valence-electron chi connectivity index (χ2n) is 4.44. The first-order chi connectivity index (χ1) is 9.56. The van der Waals surface area contributed by atoms with E-state index in [0.29, 0.717) is 13.0 Å². The monoisotopic (exact) mass is 313 g/mol. The van der Waals surface area contributed by atoms with Gasteiger partial charge in [-0.15, -0.1) is 12.4 Å². The zero-order valence-electron chi connectivity index (χ0n) is 11.1. The van der Waals surface area contributed by atoms with Crippen LogP contribution in [0.5, 0.6) is 0 Å². The number of imide groups is 1. The van der Waals surface area contributed by atoms with Crippen molar-refractivity contribution in [1.29, 1.82) is 0 Å². The van der Waals surface area contributed by atoms with Gasteiger partial charge in [-0.25, -0.2) is 10.4 Å². The predicted octanol–water partition coefficient (Wildman–Crippen LogP) is 0.401. The van der Waals surface area contributed by atoms with Gasteiger partial charge in [0.1, 0.15) is 6.04 Å². The fourth-order valence-electron chi connectivity index (χ4n) is 2.03. The Morgan fingerprint density at radius 2 is 1.76 bits per heavy atom. The Bertz CT molecular complexity index is 529. The zero-order chi connectivity index (χ0) is 14.7. The minimum atomic E-state index is -1.13. The van der Waals surface area contributed by atoms with Crippen molar-refractivity contribution in [2.75, 3.05) is 6.54 Å². The number of carboxylic acids is 1. The molecule has 0 saturated carbocycles. The maximum atomic E-state index is 12.1. The lowest BCUT2D eigenvalue weighted by atomic mass is 10.1. The van der Waals surface area contributed by atoms with Crippen molar-refractivity contribution in [2.24, 2.45) is 5.73 Å². The summed E-state index contributed by atoms with van der Waals surface area (Å²) in [4.78, 5) is 35.3. The van der Waals surface area contributed by atoms with E-state index in [1.165, 1.54) is 12.1 Å². The third kappa shape index (κ3) is 3.38. The van der Waals surface area contributed by atoms with E-state index in [2.05, 4.69) is 5.43 Å². The van der Waals surface area contributed by atoms with E-state index < -0.39 is 23.8 Å². The van der Waals surface area contributed by atoms with Crippen molar-refractivity contribution < 1.29 is 19.5 Å². The van der Waals surface area contributed by atoms with Gasteiger partial charge in [0.2, 0.25) is 0 Å². The van der Waals surface area contributed by atoms with Gasteiger partial charge in [-0.05, 0) is 31.5 Å². The highest BCUT2D eigenvalue weighted by Crippen LogP contribution is 2.21. The molecule has 2 rings (SSSR count). The minimum absolute atomic E-state index is 0. The first-order valence-corrected chi connectivity index (χ1v) is 6.23. The van der Waals surface area contributed by atoms with Crippen LogP contribution in [0, 0.1) is 0 Å². The Labute approximate surface area is 127 Å². The summed E-state index contributed by atoms with van der Waals surface area (Å²) in [6.07, 6.45) is 0.715. The molecular formula is C13H16ClN3O4. The molecule has 1 aromatic rings. The van der Waals surface area contributed by atoms with Gasteiger partial charge in [-0.3, -0.25) is 14.4 Å². The van der Waals surface area contributed by atoms with Gasteiger partial charge >= 0.3 is 5.97 Å². The molecule has 1 aliphatic heterocycles. The first kappa shape index (κ1) is 17.1. The molecular weight excluding hydrogens is 298 g/mol. The first-order valence-electron chi connectivity index (χ1n) is 6.23. The van der Waals surface area contributed by atoms with E-state index in [-0.39, 0.29) is 30.0 Å². The van der Waals surface area contributed by atoms with Gasteiger partial charge in [0.05, 0.1) is 11.1 Å². The highest BCUT2D eigenvalue weighted by molar-refractivity contribution is 6.21. The average molecular weight is 314 g/mol. The predicted molar refractivity (Wildman–Crippen MR) is 77.0 cm³/mol. The van der Waals surface area contributed by atoms with Crippen molar-refractivity contribution in [1.82, 2.24) is 10.4 Å². The van der Waals surface area contributed by atoms with Gasteiger partial charge in [0, 0.05) is 0 Å². The molecule has 0 aromatic heterocycles. The number of aliphatic carboxylic acids is 1. The fourth-order valence-corrected chi connectivity index (χ4v) is 2.03. The number of carboxylic acid groups (broad SMARTS) is 1. The molecule has 21 heavy (non-hydrogen) atoms. The number of rotatable bonds is 6. The molecule has 114 valence electrons. The normalized spacial score (nSPS) is 14.6. The summed E-state index contributed by atoms with van der Waals surface area (Å²) in [5.41, 5.74) is 8.36. The number of nitrogens with zero attached hydrogens (tertiary/aromatic N) is 1. The number of benzene rings is 1. The Morgan fingerprint density at radius 3 is 2.19 bits per heavy atom. The zero-order valence-corrected chi connectivity index (χ0v) is 11.9. The third-order valence-corrected chi connectivity index (χ3v) is 3.07. The molecule has 1 atom stereocenters. The van der Waals surface area contributed by atoms with E-state index >= 15 is 0 Å². The number of halogens is 1. The smallest absolute Gasteiger partial charge is 0.322 e. The van der Waals surface area contributed by atoms with Crippen LogP contribution in [0.15, 0.2) is 24.3 Å². The van der Waals surface area contributed by atoms with Crippen molar-refractivity contribution in [3.63, 3.8) is 0 Å². The number of hydrazine groups is 1. The average Bonchev–Trinajstić information content (AvgIpc) is 2.68. The molecule has 1 heterocycles. The highest BCUT2D eigenvalue weighted by atomic mass is 35.5. The van der Waals surface area contributed by atoms with Gasteiger partial charge < -0.3 is 10.8 Å². The Morgan fingerprint density at radius 1 is 1.24 bits per heavy atom. The van der Waals surface area contributed by atoms with Crippen molar-refractivity contribution in [3.05, 3.63) is 35.4 Å². The number of carbonyl (C=O) groups excluding carboxylic acids is 2. The largest absolute Gasteiger partial charge is 0.480 e. The molecule has 1 aliphatic rings. The summed E-state index contributed by atoms with van der Waals surface area (Å²) in [6.45, 7) is 0.341. The highest BCUT2D eigenvalue weighted by Gasteiger charge is 2.37. The van der Waals surface area contributed by atoms with Crippen LogP contribution in [0.25, 0.3) is 0 Å². The number of hydrogen-bond acceptors (Lipinski definition) is 5. The number of carbonyl (C=O) groups is 3. The van der Waals surface area contributed by atoms with Crippen LogP contribution in [-0.2, 0) is 4.79 Å². The molecule has 8 heteroatoms. The van der Waals surface area contributed by atoms with E-state index in [4.69, 9.17) is 10.8 Å². The van der Waals surface area contributed by atoms with E-state index in [9.17, 15) is 14.4 Å². The van der Waals surface area contributed by atoms with Crippen LogP contribution in [0.2, 0.25) is 0 Å². The third-order valence-electron chi connectivity index (χ3n) is 3.07. The maximum absolute atomic E-state index is 12.1. The van der Waals surface area contributed by atoms with Gasteiger partial charge in [-0.1, -0.05) is 12.1 Å². The molecule has 1 aromatic carbocycles. The second-order valence-corrected chi connectivity index (χ2v) is 4.44. The summed E-state index contributed by atoms with van der Waals surface area (Å²) in [6, 6.07) is 5.34. The second kappa shape index (κ2) is 7.16. The van der Waals surface area contributed by atoms with Crippen LogP contribution >= 0.6 is 12.4 Å². The standard InChI is InChI=1S/C13H15N3O4.ClH/c14-7-3-6-10(13(19)20)15-16-11(17)8-4-1-2-5-9(8)12(16)18;/h1-2,4-5,10,15H,3,6-7,14H2,(H,19,20);1H/t10-;/m1./s1. The lowest BCUT2D eigenvalue weighted by molar-refractivity contribution is -0.140. The van der Waals surface area contributed by atoms with E-state index in [0.717, 1.165) is 5.01 Å². The molecule has 0 radical (unpaired) electrons. The topological polar surface area (TPSA) is 113 Å². The molecule has 4 N–H and O–H groups in total. The Balaban J connectivity index is 0.00000220. The number of nitrogens with two attached hydrogens (primary N) is 1. The van der Waals surface area contributed by atoms with Crippen LogP contribution in [0.4, 0.5) is 0 Å². The molecule has 0 unspecified atom stereocenters. The summed E-state index contributed by atoms with van der Waals surface area (Å²) < 4.78 is 0. The van der Waals surface area contributed by atoms with Gasteiger partial charge in [0.25, 0.3) is 11.8 Å². The van der Waals surface area contributed by atoms with Crippen LogP contribution in [0.1, 0.15) is 33.6 Å². The molecule has 0 saturated heterocycles. The quantitative estimate of drug-likeness (QED) is 0.655. The lowest BCUT2D eigenvalue weighted by Gasteiger charge is -2.20. The van der Waals surface area contributed by atoms with Gasteiger partial charge in [-0.2, -0.15) is 0 Å². The van der Waals surface area contributed by atoms with Crippen LogP contribution < -0.4 is 11.2 Å². The minimum Gasteiger partial charge on any atom is -0.480 e. The summed E-state index contributed by atoms with van der Waals surface area (Å²) in [7, 11) is 0. The Kier molecular flexibility index (Phi) is 5.83. The molecule has 0 aliphatic carbocycles. The van der Waals surface area contributed by atoms with Crippen LogP contribution in [-0.4, -0.2) is 40.5 Å². The summed E-state index contributed by atoms with van der Waals surface area (Å²) in [5.74, 6) is -2.20. The molecule has 2 amide bonds. The SMILES string of the molecule is Cl.NCCC[C@@H](NN1C(=O)c2ccccc2C1=O)C(=O)O. The molecule has 7 nitrogen and oxygen atoms in total. The van der Waals surface area contributed by atoms with Crippen molar-refractivity contribution in [3.8, 4) is 0 Å². The number of fused-ring (bicyclic) bond motifs is 1. The Hall–Kier alpha value is -1.96. The maximum Gasteiger partial charge on any atom is 0.322 e. The van der Waals surface area contributed by atoms with E-state index in [1.807, 2.05) is 0 Å². The molecule has 0 spiro atoms.